The molecule has 3 heterocycles. The number of hydrogen-bond donors (Lipinski definition) is 0. The van der Waals surface area contributed by atoms with Gasteiger partial charge in [0.1, 0.15) is 5.58 Å². The van der Waals surface area contributed by atoms with E-state index in [1.807, 2.05) is 22.9 Å². The zero-order valence-electron chi connectivity index (χ0n) is 10.9. The molecule has 3 aromatic rings. The third kappa shape index (κ3) is 1.89. The number of hydrogen-bond acceptors (Lipinski definition) is 5. The first-order chi connectivity index (χ1) is 10.2. The summed E-state index contributed by atoms with van der Waals surface area (Å²) in [6, 6.07) is 9.01. The molecule has 5 heteroatoms. The molecule has 4 rings (SSSR count). The Hall–Kier alpha value is -2.40. The monoisotopic (exact) mass is 298 g/mol. The lowest BCUT2D eigenvalue weighted by Gasteiger charge is -2.23. The highest BCUT2D eigenvalue weighted by Gasteiger charge is 2.33. The van der Waals surface area contributed by atoms with Crippen LogP contribution in [0.15, 0.2) is 50.3 Å². The molecule has 1 unspecified atom stereocenters. The molecule has 0 radical (unpaired) electrons. The fourth-order valence-electron chi connectivity index (χ4n) is 2.73. The van der Waals surface area contributed by atoms with Gasteiger partial charge in [-0.1, -0.05) is 12.1 Å². The van der Waals surface area contributed by atoms with Crippen molar-refractivity contribution in [3.63, 3.8) is 0 Å². The van der Waals surface area contributed by atoms with Gasteiger partial charge in [0.05, 0.1) is 17.4 Å². The van der Waals surface area contributed by atoms with E-state index in [0.717, 1.165) is 5.56 Å². The van der Waals surface area contributed by atoms with Crippen LogP contribution in [0.5, 0.6) is 5.75 Å². The maximum Gasteiger partial charge on any atom is 0.343 e. The Bertz CT molecular complexity index is 892. The molecular weight excluding hydrogens is 288 g/mol. The Balaban J connectivity index is 2.06. The molecule has 1 aromatic carbocycles. The zero-order valence-corrected chi connectivity index (χ0v) is 11.7. The lowest BCUT2D eigenvalue weighted by Crippen LogP contribution is -2.26. The average molecular weight is 298 g/mol. The van der Waals surface area contributed by atoms with Crippen LogP contribution < -0.4 is 10.4 Å². The topological polar surface area (TPSA) is 56.5 Å². The van der Waals surface area contributed by atoms with Crippen LogP contribution in [0.1, 0.15) is 23.5 Å². The van der Waals surface area contributed by atoms with Crippen LogP contribution in [0.25, 0.3) is 11.0 Å². The van der Waals surface area contributed by atoms with Gasteiger partial charge in [-0.25, -0.2) is 4.79 Å². The van der Waals surface area contributed by atoms with Crippen molar-refractivity contribution < 1.29 is 13.9 Å². The van der Waals surface area contributed by atoms with Gasteiger partial charge in [-0.3, -0.25) is 4.79 Å². The molecule has 0 fully saturated rings. The van der Waals surface area contributed by atoms with Crippen LogP contribution in [0, 0.1) is 0 Å². The zero-order chi connectivity index (χ0) is 14.4. The van der Waals surface area contributed by atoms with E-state index in [1.54, 1.807) is 18.2 Å². The van der Waals surface area contributed by atoms with Gasteiger partial charge in [-0.15, -0.1) is 0 Å². The first-order valence-electron chi connectivity index (χ1n) is 6.52. The van der Waals surface area contributed by atoms with E-state index in [-0.39, 0.29) is 18.3 Å². The second-order valence-corrected chi connectivity index (χ2v) is 5.70. The van der Waals surface area contributed by atoms with Crippen LogP contribution in [0.3, 0.4) is 0 Å². The number of rotatable bonds is 1. The highest BCUT2D eigenvalue weighted by atomic mass is 32.1. The number of para-hydroxylation sites is 1. The van der Waals surface area contributed by atoms with Gasteiger partial charge in [0.25, 0.3) is 0 Å². The standard InChI is InChI=1S/C16H10O4S/c17-13-7-11(9-5-6-21-8-9)14-15(20-13)10-3-1-2-4-12(10)19-16(14)18/h1-6,8,11H,7H2. The van der Waals surface area contributed by atoms with Crippen molar-refractivity contribution in [2.75, 3.05) is 0 Å². The minimum absolute atomic E-state index is 0.160. The van der Waals surface area contributed by atoms with Crippen molar-refractivity contribution in [1.82, 2.24) is 0 Å². The summed E-state index contributed by atoms with van der Waals surface area (Å²) in [5.41, 5.74) is 1.37. The normalized spacial score (nSPS) is 17.5. The molecule has 1 aliphatic rings. The van der Waals surface area contributed by atoms with Crippen molar-refractivity contribution in [3.8, 4) is 5.75 Å². The quantitative estimate of drug-likeness (QED) is 0.511. The van der Waals surface area contributed by atoms with Crippen molar-refractivity contribution in [1.29, 1.82) is 0 Å². The van der Waals surface area contributed by atoms with E-state index in [1.165, 1.54) is 11.3 Å². The molecular formula is C16H10O4S. The lowest BCUT2D eigenvalue weighted by molar-refractivity contribution is -0.135. The van der Waals surface area contributed by atoms with E-state index in [4.69, 9.17) is 9.15 Å². The van der Waals surface area contributed by atoms with E-state index < -0.39 is 5.63 Å². The van der Waals surface area contributed by atoms with Gasteiger partial charge in [-0.2, -0.15) is 11.3 Å². The van der Waals surface area contributed by atoms with E-state index in [0.29, 0.717) is 22.3 Å². The molecule has 104 valence electrons. The molecule has 0 N–H and O–H groups in total. The molecule has 1 aliphatic heterocycles. The second kappa shape index (κ2) is 4.56. The molecule has 21 heavy (non-hydrogen) atoms. The maximum absolute atomic E-state index is 12.3. The third-order valence-corrected chi connectivity index (χ3v) is 4.38. The number of esters is 1. The summed E-state index contributed by atoms with van der Waals surface area (Å²) in [5.74, 6) is -0.280. The molecule has 1 atom stereocenters. The van der Waals surface area contributed by atoms with Crippen LogP contribution in [0.4, 0.5) is 0 Å². The Kier molecular flexibility index (Phi) is 2.68. The van der Waals surface area contributed by atoms with Gasteiger partial charge in [-0.05, 0) is 34.5 Å². The Morgan fingerprint density at radius 1 is 1.14 bits per heavy atom. The SMILES string of the molecule is O=C1CC(c2ccsc2)c2c(c3ccccc3oc2=O)O1. The summed E-state index contributed by atoms with van der Waals surface area (Å²) < 4.78 is 10.7. The molecule has 0 saturated carbocycles. The molecule has 0 bridgehead atoms. The van der Waals surface area contributed by atoms with Crippen LogP contribution in [0.2, 0.25) is 0 Å². The van der Waals surface area contributed by atoms with Gasteiger partial charge in [0, 0.05) is 5.92 Å². The van der Waals surface area contributed by atoms with Crippen LogP contribution in [-0.4, -0.2) is 5.97 Å². The summed E-state index contributed by atoms with van der Waals surface area (Å²) in [4.78, 5) is 24.3. The molecule has 0 saturated heterocycles. The predicted molar refractivity (Wildman–Crippen MR) is 78.9 cm³/mol. The number of benzene rings is 1. The Labute approximate surface area is 123 Å². The number of carbonyl (C=O) groups is 1. The summed E-state index contributed by atoms with van der Waals surface area (Å²) >= 11 is 1.53. The van der Waals surface area contributed by atoms with Crippen molar-refractivity contribution >= 4 is 28.3 Å². The molecule has 0 aliphatic carbocycles. The smallest absolute Gasteiger partial charge is 0.343 e. The highest BCUT2D eigenvalue weighted by molar-refractivity contribution is 7.08. The van der Waals surface area contributed by atoms with E-state index in [9.17, 15) is 9.59 Å². The number of ether oxygens (including phenoxy) is 1. The third-order valence-electron chi connectivity index (χ3n) is 3.68. The van der Waals surface area contributed by atoms with Gasteiger partial charge < -0.3 is 9.15 Å². The largest absolute Gasteiger partial charge is 0.425 e. The van der Waals surface area contributed by atoms with E-state index in [2.05, 4.69) is 0 Å². The molecule has 0 spiro atoms. The van der Waals surface area contributed by atoms with Crippen molar-refractivity contribution in [2.45, 2.75) is 12.3 Å². The molecule has 0 amide bonds. The Morgan fingerprint density at radius 2 is 2.00 bits per heavy atom. The second-order valence-electron chi connectivity index (χ2n) is 4.92. The highest BCUT2D eigenvalue weighted by Crippen LogP contribution is 2.40. The van der Waals surface area contributed by atoms with Crippen LogP contribution in [-0.2, 0) is 4.79 Å². The fourth-order valence-corrected chi connectivity index (χ4v) is 3.44. The summed E-state index contributed by atoms with van der Waals surface area (Å²) in [6.07, 6.45) is 0.160. The number of fused-ring (bicyclic) bond motifs is 3. The number of thiophene rings is 1. The molecule has 4 nitrogen and oxygen atoms in total. The minimum Gasteiger partial charge on any atom is -0.425 e. The summed E-state index contributed by atoms with van der Waals surface area (Å²) in [6.45, 7) is 0. The summed E-state index contributed by atoms with van der Waals surface area (Å²) in [7, 11) is 0. The summed E-state index contributed by atoms with van der Waals surface area (Å²) in [5, 5.41) is 4.53. The average Bonchev–Trinajstić information content (AvgIpc) is 3.00. The first-order valence-corrected chi connectivity index (χ1v) is 7.47. The maximum atomic E-state index is 12.3. The van der Waals surface area contributed by atoms with Gasteiger partial charge >= 0.3 is 11.6 Å². The van der Waals surface area contributed by atoms with Gasteiger partial charge in [0.2, 0.25) is 0 Å². The lowest BCUT2D eigenvalue weighted by atomic mass is 9.88. The fraction of sp³-hybridized carbons (Fsp3) is 0.125. The van der Waals surface area contributed by atoms with Crippen LogP contribution >= 0.6 is 11.3 Å². The molecule has 2 aromatic heterocycles. The minimum atomic E-state index is -0.438. The van der Waals surface area contributed by atoms with Crippen molar-refractivity contribution in [3.05, 3.63) is 62.6 Å². The first kappa shape index (κ1) is 12.3. The predicted octanol–water partition coefficient (Wildman–Crippen LogP) is 3.30. The number of carbonyl (C=O) groups excluding carboxylic acids is 1. The van der Waals surface area contributed by atoms with Crippen molar-refractivity contribution in [2.24, 2.45) is 0 Å². The van der Waals surface area contributed by atoms with Gasteiger partial charge in [0.15, 0.2) is 5.75 Å². The Morgan fingerprint density at radius 3 is 2.81 bits per heavy atom. The van der Waals surface area contributed by atoms with E-state index >= 15 is 0 Å².